The zero-order valence-corrected chi connectivity index (χ0v) is 21.5. The van der Waals surface area contributed by atoms with Gasteiger partial charge in [0.1, 0.15) is 11.4 Å². The van der Waals surface area contributed by atoms with Crippen LogP contribution in [0.3, 0.4) is 0 Å². The van der Waals surface area contributed by atoms with Gasteiger partial charge in [0.05, 0.1) is 16.9 Å². The van der Waals surface area contributed by atoms with E-state index in [0.29, 0.717) is 40.4 Å². The monoisotopic (exact) mass is 523 g/mol. The molecule has 0 spiro atoms. The molecule has 0 saturated carbocycles. The summed E-state index contributed by atoms with van der Waals surface area (Å²) < 4.78 is 29.2. The summed E-state index contributed by atoms with van der Waals surface area (Å²) in [6, 6.07) is 8.69. The zero-order valence-electron chi connectivity index (χ0n) is 21.5. The molecule has 1 aliphatic heterocycles. The van der Waals surface area contributed by atoms with E-state index in [-0.39, 0.29) is 17.3 Å². The van der Waals surface area contributed by atoms with E-state index in [2.05, 4.69) is 20.3 Å². The highest BCUT2D eigenvalue weighted by atomic mass is 19.1. The fraction of sp³-hybridized carbons (Fsp3) is 0.333. The second-order valence-electron chi connectivity index (χ2n) is 10.2. The summed E-state index contributed by atoms with van der Waals surface area (Å²) in [5.41, 5.74) is 12.8. The number of amides is 1. The number of nitrogens with one attached hydrogen (secondary N) is 1. The number of rotatable bonds is 5. The number of aliphatic imine (C=N–C) groups is 1. The van der Waals surface area contributed by atoms with Crippen LogP contribution in [0.15, 0.2) is 52.3 Å². The maximum absolute atomic E-state index is 14.3. The first-order valence-electron chi connectivity index (χ1n) is 12.3. The van der Waals surface area contributed by atoms with Crippen LogP contribution in [0, 0.1) is 11.6 Å². The van der Waals surface area contributed by atoms with E-state index in [4.69, 9.17) is 11.5 Å². The second kappa shape index (κ2) is 10.7. The third-order valence-electron chi connectivity index (χ3n) is 6.04. The van der Waals surface area contributed by atoms with Gasteiger partial charge >= 0.3 is 0 Å². The smallest absolute Gasteiger partial charge is 0.276 e. The van der Waals surface area contributed by atoms with E-state index in [0.717, 1.165) is 31.0 Å². The Bertz CT molecular complexity index is 1430. The van der Waals surface area contributed by atoms with Crippen LogP contribution in [0.1, 0.15) is 49.7 Å². The minimum Gasteiger partial charge on any atom is -0.398 e. The van der Waals surface area contributed by atoms with E-state index in [1.165, 1.54) is 12.1 Å². The summed E-state index contributed by atoms with van der Waals surface area (Å²) >= 11 is 0. The molecule has 1 aromatic heterocycles. The van der Waals surface area contributed by atoms with Crippen LogP contribution in [0.4, 0.5) is 25.8 Å². The van der Waals surface area contributed by atoms with Crippen LogP contribution in [0.2, 0.25) is 0 Å². The highest BCUT2D eigenvalue weighted by molar-refractivity contribution is 6.08. The number of hydrogen-bond acceptors (Lipinski definition) is 7. The second-order valence-corrected chi connectivity index (χ2v) is 10.2. The van der Waals surface area contributed by atoms with Crippen molar-refractivity contribution >= 4 is 29.2 Å². The van der Waals surface area contributed by atoms with E-state index in [9.17, 15) is 18.4 Å². The molecule has 0 bridgehead atoms. The number of carbonyl (C=O) groups excluding carboxylic acids is 1. The van der Waals surface area contributed by atoms with Gasteiger partial charge in [0, 0.05) is 42.7 Å². The van der Waals surface area contributed by atoms with Crippen LogP contribution >= 0.6 is 0 Å². The number of anilines is 3. The van der Waals surface area contributed by atoms with Crippen LogP contribution in [0.25, 0.3) is 5.69 Å². The molecule has 38 heavy (non-hydrogen) atoms. The molecule has 5 N–H and O–H groups in total. The molecule has 0 aliphatic carbocycles. The van der Waals surface area contributed by atoms with Crippen molar-refractivity contribution in [2.75, 3.05) is 29.0 Å². The van der Waals surface area contributed by atoms with Crippen LogP contribution in [0.5, 0.6) is 0 Å². The standard InChI is InChI=1S/C27H31F2N7O2/c1-27(2,3)32-14-17-20(31)9-10-21(24(17)35-13-5-6-16(30)15-35)33-26(38)22-11-12-23(37)36(34-22)25-18(28)7-4-8-19(25)29/h4,7-12,14,16H,5-6,13,15,30-31H2,1-3H3,(H,33,38). The largest absolute Gasteiger partial charge is 0.398 e. The number of hydrogen-bond donors (Lipinski definition) is 3. The molecule has 2 aromatic carbocycles. The number of halogens is 2. The van der Waals surface area contributed by atoms with Crippen molar-refractivity contribution in [1.82, 2.24) is 9.78 Å². The highest BCUT2D eigenvalue weighted by Gasteiger charge is 2.25. The van der Waals surface area contributed by atoms with Crippen molar-refractivity contribution in [1.29, 1.82) is 0 Å². The van der Waals surface area contributed by atoms with E-state index < -0.39 is 28.8 Å². The van der Waals surface area contributed by atoms with Gasteiger partial charge in [-0.05, 0) is 63.9 Å². The van der Waals surface area contributed by atoms with Gasteiger partial charge in [-0.1, -0.05) is 6.07 Å². The number of aromatic nitrogens is 2. The fourth-order valence-electron chi connectivity index (χ4n) is 4.24. The first-order chi connectivity index (χ1) is 17.9. The SMILES string of the molecule is CC(C)(C)N=Cc1c(N)ccc(NC(=O)c2ccc(=O)n(-c3c(F)cccc3F)n2)c1N1CCCC(N)C1. The minimum atomic E-state index is -0.984. The van der Waals surface area contributed by atoms with Crippen molar-refractivity contribution in [2.24, 2.45) is 10.7 Å². The average Bonchev–Trinajstić information content (AvgIpc) is 2.84. The molecule has 1 amide bonds. The Labute approximate surface area is 219 Å². The Morgan fingerprint density at radius 1 is 1.13 bits per heavy atom. The summed E-state index contributed by atoms with van der Waals surface area (Å²) in [6.45, 7) is 7.13. The molecular formula is C27H31F2N7O2. The molecule has 2 heterocycles. The predicted molar refractivity (Wildman–Crippen MR) is 145 cm³/mol. The lowest BCUT2D eigenvalue weighted by Crippen LogP contribution is -2.43. The quantitative estimate of drug-likeness (QED) is 0.347. The Kier molecular flexibility index (Phi) is 7.58. The first kappa shape index (κ1) is 26.9. The van der Waals surface area contributed by atoms with Crippen molar-refractivity contribution in [3.63, 3.8) is 0 Å². The molecule has 1 fully saturated rings. The minimum absolute atomic E-state index is 0.0537. The molecule has 1 saturated heterocycles. The third-order valence-corrected chi connectivity index (χ3v) is 6.04. The summed E-state index contributed by atoms with van der Waals surface area (Å²) in [4.78, 5) is 32.4. The summed E-state index contributed by atoms with van der Waals surface area (Å²) in [7, 11) is 0. The number of para-hydroxylation sites is 1. The summed E-state index contributed by atoms with van der Waals surface area (Å²) in [5, 5.41) is 6.78. The van der Waals surface area contributed by atoms with Gasteiger partial charge in [0.2, 0.25) is 0 Å². The number of piperidine rings is 1. The Hall–Kier alpha value is -4.12. The van der Waals surface area contributed by atoms with Gasteiger partial charge in [-0.2, -0.15) is 9.78 Å². The van der Waals surface area contributed by atoms with Gasteiger partial charge in [0.15, 0.2) is 11.6 Å². The molecule has 200 valence electrons. The van der Waals surface area contributed by atoms with Gasteiger partial charge in [-0.25, -0.2) is 8.78 Å². The molecular weight excluding hydrogens is 492 g/mol. The molecule has 0 radical (unpaired) electrons. The highest BCUT2D eigenvalue weighted by Crippen LogP contribution is 2.35. The number of benzene rings is 2. The van der Waals surface area contributed by atoms with Crippen LogP contribution in [-0.2, 0) is 0 Å². The van der Waals surface area contributed by atoms with Gasteiger partial charge in [-0.15, -0.1) is 0 Å². The maximum Gasteiger partial charge on any atom is 0.276 e. The van der Waals surface area contributed by atoms with E-state index in [1.807, 2.05) is 20.8 Å². The molecule has 11 heteroatoms. The lowest BCUT2D eigenvalue weighted by Gasteiger charge is -2.35. The van der Waals surface area contributed by atoms with Gasteiger partial charge < -0.3 is 21.7 Å². The number of nitrogens with zero attached hydrogens (tertiary/aromatic N) is 4. The summed E-state index contributed by atoms with van der Waals surface area (Å²) in [5.74, 6) is -2.65. The van der Waals surface area contributed by atoms with Gasteiger partial charge in [0.25, 0.3) is 11.5 Å². The first-order valence-corrected chi connectivity index (χ1v) is 12.3. The number of nitrogens with two attached hydrogens (primary N) is 2. The lowest BCUT2D eigenvalue weighted by atomic mass is 10.0. The number of nitrogen functional groups attached to an aromatic ring is 1. The van der Waals surface area contributed by atoms with Crippen LogP contribution in [-0.4, -0.2) is 46.6 Å². The van der Waals surface area contributed by atoms with Crippen molar-refractivity contribution in [3.05, 3.63) is 75.7 Å². The normalized spacial score (nSPS) is 16.2. The predicted octanol–water partition coefficient (Wildman–Crippen LogP) is 3.49. The van der Waals surface area contributed by atoms with Crippen molar-refractivity contribution < 1.29 is 13.6 Å². The molecule has 4 rings (SSSR count). The molecule has 1 atom stereocenters. The molecule has 1 aliphatic rings. The average molecular weight is 524 g/mol. The molecule has 9 nitrogen and oxygen atoms in total. The Balaban J connectivity index is 1.77. The van der Waals surface area contributed by atoms with Gasteiger partial charge in [-0.3, -0.25) is 14.6 Å². The fourth-order valence-corrected chi connectivity index (χ4v) is 4.24. The zero-order chi connectivity index (χ0) is 27.6. The van der Waals surface area contributed by atoms with Crippen molar-refractivity contribution in [2.45, 2.75) is 45.2 Å². The van der Waals surface area contributed by atoms with E-state index in [1.54, 1.807) is 18.3 Å². The summed E-state index contributed by atoms with van der Waals surface area (Å²) in [6.07, 6.45) is 3.43. The van der Waals surface area contributed by atoms with E-state index >= 15 is 0 Å². The Morgan fingerprint density at radius 3 is 2.50 bits per heavy atom. The van der Waals surface area contributed by atoms with Crippen molar-refractivity contribution in [3.8, 4) is 5.69 Å². The number of carbonyl (C=O) groups is 1. The third kappa shape index (κ3) is 5.88. The topological polar surface area (TPSA) is 132 Å². The molecule has 1 unspecified atom stereocenters. The maximum atomic E-state index is 14.3. The van der Waals surface area contributed by atoms with Crippen LogP contribution < -0.4 is 27.2 Å². The lowest BCUT2D eigenvalue weighted by molar-refractivity contribution is 0.102. The Morgan fingerprint density at radius 2 is 1.84 bits per heavy atom. The molecule has 3 aromatic rings.